The molecule has 0 spiro atoms. The first-order valence-electron chi connectivity index (χ1n) is 27.4. The molecule has 13 rings (SSSR count). The number of anilines is 4. The molecule has 76 heavy (non-hydrogen) atoms. The lowest BCUT2D eigenvalue weighted by molar-refractivity contribution is 0.411. The summed E-state index contributed by atoms with van der Waals surface area (Å²) in [5, 5.41) is 4.33. The molecule has 0 fully saturated rings. The minimum atomic E-state index is -1.93. The number of fused-ring (bicyclic) bond motifs is 8. The number of nitrogens with zero attached hydrogens (tertiary/aromatic N) is 4. The highest BCUT2D eigenvalue weighted by Crippen LogP contribution is 2.52. The second kappa shape index (κ2) is 18.4. The summed E-state index contributed by atoms with van der Waals surface area (Å²) in [7, 11) is 0. The van der Waals surface area contributed by atoms with Gasteiger partial charge in [0.05, 0.1) is 29.5 Å². The van der Waals surface area contributed by atoms with Crippen LogP contribution in [0.3, 0.4) is 0 Å². The van der Waals surface area contributed by atoms with E-state index in [9.17, 15) is 8.50 Å². The van der Waals surface area contributed by atoms with Gasteiger partial charge in [-0.05, 0) is 124 Å². The Balaban J connectivity index is 0.943. The van der Waals surface area contributed by atoms with Gasteiger partial charge in [-0.3, -0.25) is 4.57 Å². The molecule has 0 saturated heterocycles. The van der Waals surface area contributed by atoms with E-state index in [4.69, 9.17) is 9.72 Å². The summed E-state index contributed by atoms with van der Waals surface area (Å²) in [5.74, 6) is 1.24. The fraction of sp³-hybridized carbons (Fsp3) is 0.145. The van der Waals surface area contributed by atoms with E-state index in [1.165, 1.54) is 38.9 Å². The van der Waals surface area contributed by atoms with Crippen molar-refractivity contribution in [3.63, 3.8) is 0 Å². The second-order valence-electron chi connectivity index (χ2n) is 21.8. The number of rotatable bonds is 9. The van der Waals surface area contributed by atoms with Crippen molar-refractivity contribution in [2.24, 2.45) is 5.41 Å². The molecule has 5 nitrogen and oxygen atoms in total. The van der Waals surface area contributed by atoms with Crippen LogP contribution in [0.5, 0.6) is 11.5 Å². The van der Waals surface area contributed by atoms with E-state index in [-0.39, 0.29) is 11.6 Å². The molecule has 1 aliphatic heterocycles. The van der Waals surface area contributed by atoms with Gasteiger partial charge in [0.25, 0.3) is 0 Å². The molecule has 1 aliphatic rings. The second-order valence-corrected chi connectivity index (χ2v) is 22.9. The maximum Gasteiger partial charge on any atom is 0.137 e. The minimum Gasteiger partial charge on any atom is -0.457 e. The van der Waals surface area contributed by atoms with Gasteiger partial charge >= 0.3 is 0 Å². The number of halogens is 1. The molecule has 12 aromatic rings. The summed E-state index contributed by atoms with van der Waals surface area (Å²) < 4.78 is 54.5. The standard InChI is InChI=1S/C69H57FN4OS/c1-68(2,3)41-47-36-64(71-42-58(47)46-28-30-49(70)31-29-46)74-61-35-34-54-53-24-13-16-27-63(53)76-67(54)65(61)55-33-32-52(40-62(55)74)75-51-23-17-22-50(39-51)72-43-73(60-26-15-14-25-59(60)72)66-56(44-18-9-7-10-19-44)37-48(69(4,5)6)38-57(66)45-20-11-8-12-21-45/h7-40,42H,41,43H2,1-6H3/i41D2,42D. The summed E-state index contributed by atoms with van der Waals surface area (Å²) in [4.78, 5) is 9.81. The van der Waals surface area contributed by atoms with Crippen LogP contribution < -0.4 is 14.5 Å². The van der Waals surface area contributed by atoms with Crippen molar-refractivity contribution >= 4 is 76.1 Å². The Labute approximate surface area is 451 Å². The minimum absolute atomic E-state index is 0.0962. The zero-order chi connectivity index (χ0) is 54.5. The number of thiophene rings is 1. The van der Waals surface area contributed by atoms with Crippen LogP contribution in [0.4, 0.5) is 27.1 Å². The Hall–Kier alpha value is -8.52. The normalized spacial score (nSPS) is 13.6. The molecule has 4 heterocycles. The third-order valence-electron chi connectivity index (χ3n) is 14.5. The molecular weight excluding hydrogens is 952 g/mol. The van der Waals surface area contributed by atoms with Gasteiger partial charge < -0.3 is 14.5 Å². The molecule has 0 unspecified atom stereocenters. The van der Waals surface area contributed by atoms with E-state index >= 15 is 0 Å². The first-order chi connectivity index (χ1) is 38.0. The summed E-state index contributed by atoms with van der Waals surface area (Å²) in [6, 6.07) is 69.6. The van der Waals surface area contributed by atoms with Gasteiger partial charge in [-0.2, -0.15) is 0 Å². The van der Waals surface area contributed by atoms with Crippen LogP contribution in [0.15, 0.2) is 212 Å². The molecule has 0 amide bonds. The average Bonchev–Trinajstić information content (AvgIpc) is 4.34. The van der Waals surface area contributed by atoms with Gasteiger partial charge in [-0.1, -0.05) is 157 Å². The Bertz CT molecular complexity index is 4290. The molecule has 0 radical (unpaired) electrons. The topological polar surface area (TPSA) is 33.5 Å². The molecule has 3 aromatic heterocycles. The van der Waals surface area contributed by atoms with Crippen LogP contribution in [-0.2, 0) is 11.8 Å². The third-order valence-corrected chi connectivity index (χ3v) is 15.7. The summed E-state index contributed by atoms with van der Waals surface area (Å²) in [6.07, 6.45) is -2.04. The molecular formula is C69H57FN4OS. The van der Waals surface area contributed by atoms with Crippen LogP contribution in [0, 0.1) is 11.2 Å². The lowest BCUT2D eigenvalue weighted by atomic mass is 9.82. The highest BCUT2D eigenvalue weighted by Gasteiger charge is 2.33. The number of benzene rings is 9. The zero-order valence-corrected chi connectivity index (χ0v) is 44.1. The number of hydrogen-bond acceptors (Lipinski definition) is 5. The molecule has 7 heteroatoms. The summed E-state index contributed by atoms with van der Waals surface area (Å²) in [6.45, 7) is 13.0. The molecule has 0 N–H and O–H groups in total. The molecule has 9 aromatic carbocycles. The molecule has 372 valence electrons. The van der Waals surface area contributed by atoms with E-state index in [1.54, 1.807) is 29.5 Å². The highest BCUT2D eigenvalue weighted by atomic mass is 32.1. The number of aromatic nitrogens is 2. The SMILES string of the molecule is [2H]c1nc(-n2c3cc(Oc4cccc(N5CN(c6c(-c7ccccc7)cc(C(C)(C)C)cc6-c6ccccc6)c6ccccc65)c4)ccc3c3c4sc5ccccc5c4ccc32)cc(C([2H])([2H])C(C)(C)C)c1-c1ccc(F)cc1. The largest absolute Gasteiger partial charge is 0.457 e. The quantitative estimate of drug-likeness (QED) is 0.144. The van der Waals surface area contributed by atoms with Gasteiger partial charge in [0.15, 0.2) is 0 Å². The lowest BCUT2D eigenvalue weighted by Gasteiger charge is -2.30. The van der Waals surface area contributed by atoms with Gasteiger partial charge in [0, 0.05) is 74.4 Å². The van der Waals surface area contributed by atoms with Crippen LogP contribution in [-0.4, -0.2) is 16.2 Å². The average molecular weight is 1010 g/mol. The molecule has 0 bridgehead atoms. The van der Waals surface area contributed by atoms with Crippen molar-refractivity contribution in [3.8, 4) is 50.7 Å². The van der Waals surface area contributed by atoms with Gasteiger partial charge in [0.2, 0.25) is 0 Å². The fourth-order valence-electron chi connectivity index (χ4n) is 10.9. The lowest BCUT2D eigenvalue weighted by Crippen LogP contribution is -2.25. The fourth-order valence-corrected chi connectivity index (χ4v) is 12.2. The predicted octanol–water partition coefficient (Wildman–Crippen LogP) is 19.6. The van der Waals surface area contributed by atoms with Gasteiger partial charge in [-0.25, -0.2) is 9.37 Å². The monoisotopic (exact) mass is 1010 g/mol. The third kappa shape index (κ3) is 8.45. The van der Waals surface area contributed by atoms with Crippen LogP contribution in [0.25, 0.3) is 81.2 Å². The molecule has 0 saturated carbocycles. The van der Waals surface area contributed by atoms with Crippen molar-refractivity contribution in [2.45, 2.75) is 53.3 Å². The number of para-hydroxylation sites is 2. The summed E-state index contributed by atoms with van der Waals surface area (Å²) in [5.41, 5.74) is 12.1. The predicted molar refractivity (Wildman–Crippen MR) is 318 cm³/mol. The Morgan fingerprint density at radius 2 is 1.21 bits per heavy atom. The Morgan fingerprint density at radius 1 is 0.579 bits per heavy atom. The smallest absolute Gasteiger partial charge is 0.137 e. The molecule has 0 atom stereocenters. The van der Waals surface area contributed by atoms with Crippen molar-refractivity contribution in [3.05, 3.63) is 229 Å². The first kappa shape index (κ1) is 43.8. The van der Waals surface area contributed by atoms with Crippen molar-refractivity contribution < 1.29 is 13.2 Å². The van der Waals surface area contributed by atoms with Crippen molar-refractivity contribution in [1.82, 2.24) is 9.55 Å². The number of hydrogen-bond donors (Lipinski definition) is 0. The highest BCUT2D eigenvalue weighted by molar-refractivity contribution is 7.26. The number of pyridine rings is 1. The van der Waals surface area contributed by atoms with E-state index in [1.807, 2.05) is 49.6 Å². The summed E-state index contributed by atoms with van der Waals surface area (Å²) >= 11 is 1.74. The van der Waals surface area contributed by atoms with Crippen molar-refractivity contribution in [2.75, 3.05) is 16.5 Å². The first-order valence-corrected chi connectivity index (χ1v) is 26.7. The van der Waals surface area contributed by atoms with Gasteiger partial charge in [-0.15, -0.1) is 11.3 Å². The zero-order valence-electron chi connectivity index (χ0n) is 46.3. The van der Waals surface area contributed by atoms with E-state index < -0.39 is 17.6 Å². The maximum absolute atomic E-state index is 14.3. The van der Waals surface area contributed by atoms with E-state index in [2.05, 4.69) is 182 Å². The Kier molecular flexibility index (Phi) is 10.6. The number of ether oxygens (including phenoxy) is 1. The van der Waals surface area contributed by atoms with Gasteiger partial charge in [0.1, 0.15) is 29.8 Å². The maximum atomic E-state index is 14.3. The Morgan fingerprint density at radius 3 is 1.91 bits per heavy atom. The van der Waals surface area contributed by atoms with Crippen LogP contribution >= 0.6 is 11.3 Å². The van der Waals surface area contributed by atoms with Crippen LogP contribution in [0.2, 0.25) is 0 Å². The van der Waals surface area contributed by atoms with E-state index in [0.29, 0.717) is 40.7 Å². The van der Waals surface area contributed by atoms with Crippen LogP contribution in [0.1, 0.15) is 56.8 Å². The molecule has 0 aliphatic carbocycles. The van der Waals surface area contributed by atoms with E-state index in [0.717, 1.165) is 65.8 Å². The van der Waals surface area contributed by atoms with Crippen molar-refractivity contribution in [1.29, 1.82) is 0 Å².